The van der Waals surface area contributed by atoms with Crippen LogP contribution in [0.2, 0.25) is 0 Å². The van der Waals surface area contributed by atoms with Gasteiger partial charge in [0.25, 0.3) is 0 Å². The standard InChI is InChI=1S/C23H29NO2/c1-3-24(4-2)19-6-5-18-10-21(26-20(18)11-19)22(25)23-12-15-7-16(13-23)9-17(8-15)14-23/h5-6,10-11,15-17H,3-4,7-9,12-14H2,1-2H3. The van der Waals surface area contributed by atoms with E-state index in [9.17, 15) is 4.79 Å². The summed E-state index contributed by atoms with van der Waals surface area (Å²) in [7, 11) is 0. The SMILES string of the molecule is CCN(CC)c1ccc2cc(C(=O)C34CC5CC(CC(C5)C3)C4)oc2c1. The molecule has 0 unspecified atom stereocenters. The number of carbonyl (C=O) groups is 1. The lowest BCUT2D eigenvalue weighted by Gasteiger charge is -2.55. The fourth-order valence-electron chi connectivity index (χ4n) is 6.57. The molecule has 4 aliphatic carbocycles. The van der Waals surface area contributed by atoms with Crippen molar-refractivity contribution in [2.75, 3.05) is 18.0 Å². The fraction of sp³-hybridized carbons (Fsp3) is 0.609. The summed E-state index contributed by atoms with van der Waals surface area (Å²) in [6, 6.07) is 8.33. The number of carbonyl (C=O) groups excluding carboxylic acids is 1. The highest BCUT2D eigenvalue weighted by Gasteiger charge is 2.55. The van der Waals surface area contributed by atoms with Gasteiger partial charge >= 0.3 is 0 Å². The van der Waals surface area contributed by atoms with Gasteiger partial charge in [-0.3, -0.25) is 4.79 Å². The fourth-order valence-corrected chi connectivity index (χ4v) is 6.57. The minimum Gasteiger partial charge on any atom is -0.453 e. The third kappa shape index (κ3) is 2.43. The highest BCUT2D eigenvalue weighted by molar-refractivity contribution is 6.01. The molecule has 6 rings (SSSR count). The van der Waals surface area contributed by atoms with Gasteiger partial charge in [-0.2, -0.15) is 0 Å². The highest BCUT2D eigenvalue weighted by atomic mass is 16.3. The lowest BCUT2D eigenvalue weighted by molar-refractivity contribution is -0.0364. The van der Waals surface area contributed by atoms with Gasteiger partial charge in [0.2, 0.25) is 5.78 Å². The number of rotatable bonds is 5. The van der Waals surface area contributed by atoms with Crippen molar-refractivity contribution in [2.24, 2.45) is 23.2 Å². The van der Waals surface area contributed by atoms with Crippen molar-refractivity contribution in [3.63, 3.8) is 0 Å². The zero-order valence-corrected chi connectivity index (χ0v) is 16.0. The van der Waals surface area contributed by atoms with Gasteiger partial charge in [0.1, 0.15) is 5.58 Å². The molecule has 26 heavy (non-hydrogen) atoms. The van der Waals surface area contributed by atoms with Crippen LogP contribution in [0, 0.1) is 23.2 Å². The Bertz CT molecular complexity index is 810. The van der Waals surface area contributed by atoms with E-state index in [1.807, 2.05) is 6.07 Å². The van der Waals surface area contributed by atoms with Crippen LogP contribution in [0.25, 0.3) is 11.0 Å². The van der Waals surface area contributed by atoms with Crippen LogP contribution in [-0.4, -0.2) is 18.9 Å². The molecule has 3 nitrogen and oxygen atoms in total. The lowest BCUT2D eigenvalue weighted by Crippen LogP contribution is -2.49. The summed E-state index contributed by atoms with van der Waals surface area (Å²) in [4.78, 5) is 15.8. The smallest absolute Gasteiger partial charge is 0.204 e. The third-order valence-corrected chi connectivity index (χ3v) is 7.38. The Hall–Kier alpha value is -1.77. The minimum absolute atomic E-state index is 0.121. The monoisotopic (exact) mass is 351 g/mol. The molecule has 1 aromatic carbocycles. The molecule has 4 fully saturated rings. The van der Waals surface area contributed by atoms with E-state index in [0.717, 1.165) is 61.1 Å². The number of fused-ring (bicyclic) bond motifs is 1. The van der Waals surface area contributed by atoms with Crippen molar-refractivity contribution < 1.29 is 9.21 Å². The quantitative estimate of drug-likeness (QED) is 0.650. The van der Waals surface area contributed by atoms with Crippen LogP contribution in [0.15, 0.2) is 28.7 Å². The Morgan fingerprint density at radius 2 is 1.65 bits per heavy atom. The van der Waals surface area contributed by atoms with Crippen molar-refractivity contribution in [2.45, 2.75) is 52.4 Å². The second-order valence-corrected chi connectivity index (χ2v) is 9.03. The summed E-state index contributed by atoms with van der Waals surface area (Å²) in [5.41, 5.74) is 1.90. The summed E-state index contributed by atoms with van der Waals surface area (Å²) in [6.07, 6.45) is 7.37. The van der Waals surface area contributed by atoms with Crippen molar-refractivity contribution in [1.29, 1.82) is 0 Å². The molecule has 1 aromatic heterocycles. The van der Waals surface area contributed by atoms with Gasteiger partial charge in [0.05, 0.1) is 0 Å². The van der Waals surface area contributed by atoms with Gasteiger partial charge in [0.15, 0.2) is 5.76 Å². The van der Waals surface area contributed by atoms with Crippen LogP contribution in [0.3, 0.4) is 0 Å². The average molecular weight is 351 g/mol. The normalized spacial score (nSPS) is 32.3. The van der Waals surface area contributed by atoms with Crippen LogP contribution >= 0.6 is 0 Å². The van der Waals surface area contributed by atoms with E-state index in [2.05, 4.69) is 36.9 Å². The van der Waals surface area contributed by atoms with E-state index >= 15 is 0 Å². The summed E-state index contributed by atoms with van der Waals surface area (Å²) in [5, 5.41) is 1.05. The molecule has 4 bridgehead atoms. The number of nitrogens with zero attached hydrogens (tertiary/aromatic N) is 1. The van der Waals surface area contributed by atoms with Gasteiger partial charge < -0.3 is 9.32 Å². The predicted octanol–water partition coefficient (Wildman–Crippen LogP) is 5.68. The maximum atomic E-state index is 13.5. The zero-order chi connectivity index (χ0) is 17.9. The first-order valence-corrected chi connectivity index (χ1v) is 10.4. The van der Waals surface area contributed by atoms with Crippen molar-refractivity contribution in [1.82, 2.24) is 0 Å². The summed E-state index contributed by atoms with van der Waals surface area (Å²) in [5.74, 6) is 3.23. The number of hydrogen-bond acceptors (Lipinski definition) is 3. The van der Waals surface area contributed by atoms with E-state index in [4.69, 9.17) is 4.42 Å². The molecule has 0 radical (unpaired) electrons. The first-order chi connectivity index (χ1) is 12.6. The second-order valence-electron chi connectivity index (χ2n) is 9.03. The van der Waals surface area contributed by atoms with Crippen molar-refractivity contribution in [3.8, 4) is 0 Å². The van der Waals surface area contributed by atoms with E-state index in [1.54, 1.807) is 0 Å². The first-order valence-electron chi connectivity index (χ1n) is 10.4. The number of Topliss-reactive ketones (excluding diaryl/α,β-unsaturated/α-hetero) is 1. The number of anilines is 1. The van der Waals surface area contributed by atoms with Gasteiger partial charge in [-0.15, -0.1) is 0 Å². The molecule has 2 aromatic rings. The molecule has 0 N–H and O–H groups in total. The average Bonchev–Trinajstić information content (AvgIpc) is 3.04. The zero-order valence-electron chi connectivity index (χ0n) is 16.0. The van der Waals surface area contributed by atoms with Crippen LogP contribution in [-0.2, 0) is 0 Å². The number of hydrogen-bond donors (Lipinski definition) is 0. The van der Waals surface area contributed by atoms with Crippen molar-refractivity contribution in [3.05, 3.63) is 30.0 Å². The van der Waals surface area contributed by atoms with E-state index < -0.39 is 0 Å². The molecule has 138 valence electrons. The molecule has 3 heteroatoms. The molecule has 0 amide bonds. The third-order valence-electron chi connectivity index (χ3n) is 7.38. The molecule has 0 atom stereocenters. The molecule has 0 spiro atoms. The van der Waals surface area contributed by atoms with Gasteiger partial charge in [-0.25, -0.2) is 0 Å². The molecule has 4 saturated carbocycles. The maximum absolute atomic E-state index is 13.5. The van der Waals surface area contributed by atoms with Gasteiger partial charge in [-0.05, 0) is 88.3 Å². The Morgan fingerprint density at radius 3 is 2.23 bits per heavy atom. The Morgan fingerprint density at radius 1 is 1.04 bits per heavy atom. The van der Waals surface area contributed by atoms with Gasteiger partial charge in [0, 0.05) is 35.6 Å². The van der Waals surface area contributed by atoms with Gasteiger partial charge in [-0.1, -0.05) is 0 Å². The lowest BCUT2D eigenvalue weighted by atomic mass is 9.48. The largest absolute Gasteiger partial charge is 0.453 e. The van der Waals surface area contributed by atoms with E-state index in [-0.39, 0.29) is 11.2 Å². The molecular formula is C23H29NO2. The molecular weight excluding hydrogens is 322 g/mol. The Kier molecular flexibility index (Phi) is 3.70. The summed E-state index contributed by atoms with van der Waals surface area (Å²) in [6.45, 7) is 6.28. The molecule has 1 heterocycles. The summed E-state index contributed by atoms with van der Waals surface area (Å²) < 4.78 is 6.12. The molecule has 0 aliphatic heterocycles. The number of benzene rings is 1. The molecule has 4 aliphatic rings. The predicted molar refractivity (Wildman–Crippen MR) is 105 cm³/mol. The topological polar surface area (TPSA) is 33.5 Å². The Labute approximate surface area is 155 Å². The Balaban J connectivity index is 1.48. The van der Waals surface area contributed by atoms with Crippen molar-refractivity contribution >= 4 is 22.4 Å². The number of ketones is 1. The minimum atomic E-state index is -0.121. The molecule has 0 saturated heterocycles. The summed E-state index contributed by atoms with van der Waals surface area (Å²) >= 11 is 0. The second kappa shape index (κ2) is 5.87. The highest BCUT2D eigenvalue weighted by Crippen LogP contribution is 2.61. The van der Waals surface area contributed by atoms with E-state index in [0.29, 0.717) is 5.76 Å². The first kappa shape index (κ1) is 16.4. The van der Waals surface area contributed by atoms with Crippen LogP contribution < -0.4 is 4.90 Å². The van der Waals surface area contributed by atoms with Crippen LogP contribution in [0.1, 0.15) is 62.9 Å². The maximum Gasteiger partial charge on any atom is 0.204 e. The van der Waals surface area contributed by atoms with Crippen LogP contribution in [0.4, 0.5) is 5.69 Å². The number of furan rings is 1. The van der Waals surface area contributed by atoms with E-state index in [1.165, 1.54) is 24.9 Å². The van der Waals surface area contributed by atoms with Crippen LogP contribution in [0.5, 0.6) is 0 Å².